The zero-order valence-electron chi connectivity index (χ0n) is 7.05. The van der Waals surface area contributed by atoms with Gasteiger partial charge in [0.25, 0.3) is 0 Å². The topological polar surface area (TPSA) is 37.3 Å². The summed E-state index contributed by atoms with van der Waals surface area (Å²) in [6.07, 6.45) is 7.54. The average Bonchev–Trinajstić information content (AvgIpc) is 2.04. The molecule has 0 aliphatic rings. The summed E-state index contributed by atoms with van der Waals surface area (Å²) in [7, 11) is 0. The highest BCUT2D eigenvalue weighted by atomic mass is 16.3. The first-order chi connectivity index (χ1) is 5.31. The van der Waals surface area contributed by atoms with E-state index in [1.807, 2.05) is 0 Å². The summed E-state index contributed by atoms with van der Waals surface area (Å²) in [4.78, 5) is 9.91. The highest BCUT2D eigenvalue weighted by Crippen LogP contribution is 2.03. The summed E-state index contributed by atoms with van der Waals surface area (Å²) in [5, 5.41) is 8.71. The van der Waals surface area contributed by atoms with Crippen LogP contribution in [0.4, 0.5) is 0 Å². The van der Waals surface area contributed by atoms with Gasteiger partial charge in [0, 0.05) is 0 Å². The number of allylic oxidation sites excluding steroid dienone is 2. The fourth-order valence-corrected chi connectivity index (χ4v) is 0.869. The molecule has 0 heterocycles. The van der Waals surface area contributed by atoms with Gasteiger partial charge < -0.3 is 5.11 Å². The maximum atomic E-state index is 9.91. The van der Waals surface area contributed by atoms with Crippen molar-refractivity contribution < 1.29 is 9.90 Å². The van der Waals surface area contributed by atoms with Crippen LogP contribution in [0.5, 0.6) is 0 Å². The van der Waals surface area contributed by atoms with E-state index in [2.05, 4.69) is 6.92 Å². The predicted molar refractivity (Wildman–Crippen MR) is 45.5 cm³/mol. The molecule has 11 heavy (non-hydrogen) atoms. The van der Waals surface area contributed by atoms with Gasteiger partial charge >= 0.3 is 0 Å². The molecular formula is C9H16O2. The Balaban J connectivity index is 3.19. The molecule has 0 unspecified atom stereocenters. The number of unbranched alkanes of at least 4 members (excludes halogenated alkanes) is 4. The van der Waals surface area contributed by atoms with Crippen LogP contribution in [-0.2, 0) is 4.79 Å². The first-order valence-electron chi connectivity index (χ1n) is 4.15. The molecule has 0 aliphatic heterocycles. The molecule has 0 aromatic rings. The van der Waals surface area contributed by atoms with Crippen molar-refractivity contribution in [3.8, 4) is 0 Å². The molecule has 64 valence electrons. The van der Waals surface area contributed by atoms with E-state index in [9.17, 15) is 4.79 Å². The van der Waals surface area contributed by atoms with Crippen LogP contribution in [0.1, 0.15) is 39.0 Å². The number of hydrogen-bond donors (Lipinski definition) is 1. The molecule has 0 saturated heterocycles. The van der Waals surface area contributed by atoms with Crippen LogP contribution in [0, 0.1) is 0 Å². The van der Waals surface area contributed by atoms with E-state index < -0.39 is 0 Å². The lowest BCUT2D eigenvalue weighted by molar-refractivity contribution is -0.107. The van der Waals surface area contributed by atoms with E-state index >= 15 is 0 Å². The molecule has 0 radical (unpaired) electrons. The lowest BCUT2D eigenvalue weighted by Gasteiger charge is -1.93. The molecule has 2 nitrogen and oxygen atoms in total. The second-order valence-electron chi connectivity index (χ2n) is 2.60. The summed E-state index contributed by atoms with van der Waals surface area (Å²) in [5.41, 5.74) is 0. The minimum Gasteiger partial charge on any atom is -0.505 e. The van der Waals surface area contributed by atoms with Crippen molar-refractivity contribution in [2.24, 2.45) is 0 Å². The van der Waals surface area contributed by atoms with E-state index in [-0.39, 0.29) is 5.76 Å². The van der Waals surface area contributed by atoms with Gasteiger partial charge in [0.15, 0.2) is 12.0 Å². The number of aliphatic hydroxyl groups excluding tert-OH is 1. The Morgan fingerprint density at radius 1 is 1.36 bits per heavy atom. The third-order valence-corrected chi connectivity index (χ3v) is 1.53. The van der Waals surface area contributed by atoms with Crippen LogP contribution in [0.15, 0.2) is 11.8 Å². The number of aliphatic hydroxyl groups is 1. The molecule has 0 aliphatic carbocycles. The van der Waals surface area contributed by atoms with Crippen molar-refractivity contribution in [3.05, 3.63) is 11.8 Å². The van der Waals surface area contributed by atoms with Gasteiger partial charge in [0.1, 0.15) is 0 Å². The number of carbonyl (C=O) groups is 1. The van der Waals surface area contributed by atoms with E-state index in [0.29, 0.717) is 6.29 Å². The quantitative estimate of drug-likeness (QED) is 0.278. The molecule has 0 rings (SSSR count). The molecule has 0 bridgehead atoms. The Bertz CT molecular complexity index is 128. The summed E-state index contributed by atoms with van der Waals surface area (Å²) >= 11 is 0. The molecule has 0 fully saturated rings. The van der Waals surface area contributed by atoms with Crippen LogP contribution in [0.25, 0.3) is 0 Å². The summed E-state index contributed by atoms with van der Waals surface area (Å²) < 4.78 is 0. The van der Waals surface area contributed by atoms with Gasteiger partial charge in [-0.05, 0) is 18.9 Å². The fourth-order valence-electron chi connectivity index (χ4n) is 0.869. The maximum absolute atomic E-state index is 9.91. The fraction of sp³-hybridized carbons (Fsp3) is 0.667. The van der Waals surface area contributed by atoms with E-state index in [4.69, 9.17) is 5.11 Å². The molecule has 0 aromatic carbocycles. The van der Waals surface area contributed by atoms with Crippen molar-refractivity contribution in [2.45, 2.75) is 39.0 Å². The van der Waals surface area contributed by atoms with Gasteiger partial charge in [-0.3, -0.25) is 4.79 Å². The van der Waals surface area contributed by atoms with E-state index in [1.54, 1.807) is 6.08 Å². The Hall–Kier alpha value is -0.790. The molecule has 1 N–H and O–H groups in total. The maximum Gasteiger partial charge on any atom is 0.184 e. The van der Waals surface area contributed by atoms with Crippen molar-refractivity contribution in [2.75, 3.05) is 0 Å². The first kappa shape index (κ1) is 10.2. The average molecular weight is 156 g/mol. The lowest BCUT2D eigenvalue weighted by atomic mass is 10.1. The lowest BCUT2D eigenvalue weighted by Crippen LogP contribution is -1.81. The van der Waals surface area contributed by atoms with E-state index in [1.165, 1.54) is 19.3 Å². The largest absolute Gasteiger partial charge is 0.505 e. The number of hydrogen-bond acceptors (Lipinski definition) is 2. The highest BCUT2D eigenvalue weighted by molar-refractivity contribution is 5.69. The Morgan fingerprint density at radius 3 is 2.64 bits per heavy atom. The molecule has 0 saturated carbocycles. The molecule has 0 spiro atoms. The minimum absolute atomic E-state index is 0.138. The molecule has 0 aromatic heterocycles. The first-order valence-corrected chi connectivity index (χ1v) is 4.15. The monoisotopic (exact) mass is 156 g/mol. The van der Waals surface area contributed by atoms with Gasteiger partial charge in [-0.1, -0.05) is 26.2 Å². The number of aldehydes is 1. The minimum atomic E-state index is -0.138. The standard InChI is InChI=1S/C9H16O2/c1-2-3-4-5-6-7-9(11)8-10/h7-8,11H,2-6H2,1H3/b9-7-. The van der Waals surface area contributed by atoms with Crippen molar-refractivity contribution in [3.63, 3.8) is 0 Å². The van der Waals surface area contributed by atoms with Gasteiger partial charge in [-0.15, -0.1) is 0 Å². The van der Waals surface area contributed by atoms with Crippen LogP contribution in [0.3, 0.4) is 0 Å². The number of rotatable bonds is 6. The summed E-state index contributed by atoms with van der Waals surface area (Å²) in [5.74, 6) is -0.138. The zero-order chi connectivity index (χ0) is 8.53. The SMILES string of the molecule is CCCCCC/C=C(\O)C=O. The third kappa shape index (κ3) is 7.10. The Morgan fingerprint density at radius 2 is 2.09 bits per heavy atom. The zero-order valence-corrected chi connectivity index (χ0v) is 7.05. The van der Waals surface area contributed by atoms with E-state index in [0.717, 1.165) is 12.8 Å². The summed E-state index contributed by atoms with van der Waals surface area (Å²) in [6.45, 7) is 2.15. The van der Waals surface area contributed by atoms with Crippen LogP contribution in [-0.4, -0.2) is 11.4 Å². The van der Waals surface area contributed by atoms with Gasteiger partial charge in [-0.2, -0.15) is 0 Å². The summed E-state index contributed by atoms with van der Waals surface area (Å²) in [6, 6.07) is 0. The third-order valence-electron chi connectivity index (χ3n) is 1.53. The van der Waals surface area contributed by atoms with Crippen molar-refractivity contribution in [1.82, 2.24) is 0 Å². The molecular weight excluding hydrogens is 140 g/mol. The highest BCUT2D eigenvalue weighted by Gasteiger charge is 1.88. The molecule has 2 heteroatoms. The van der Waals surface area contributed by atoms with Crippen molar-refractivity contribution >= 4 is 6.29 Å². The molecule has 0 amide bonds. The van der Waals surface area contributed by atoms with Crippen LogP contribution in [0.2, 0.25) is 0 Å². The second-order valence-corrected chi connectivity index (χ2v) is 2.60. The van der Waals surface area contributed by atoms with Gasteiger partial charge in [0.2, 0.25) is 0 Å². The Kier molecular flexibility index (Phi) is 6.79. The molecule has 0 atom stereocenters. The smallest absolute Gasteiger partial charge is 0.184 e. The van der Waals surface area contributed by atoms with Crippen LogP contribution >= 0.6 is 0 Å². The number of carbonyl (C=O) groups excluding carboxylic acids is 1. The predicted octanol–water partition coefficient (Wildman–Crippen LogP) is 2.60. The van der Waals surface area contributed by atoms with Gasteiger partial charge in [0.05, 0.1) is 0 Å². The van der Waals surface area contributed by atoms with Gasteiger partial charge in [-0.25, -0.2) is 0 Å². The van der Waals surface area contributed by atoms with Crippen molar-refractivity contribution in [1.29, 1.82) is 0 Å². The normalized spacial score (nSPS) is 11.5. The second kappa shape index (κ2) is 7.32. The van der Waals surface area contributed by atoms with Crippen LogP contribution < -0.4 is 0 Å². The Labute approximate surface area is 67.9 Å².